The molecule has 2 rings (SSSR count). The summed E-state index contributed by atoms with van der Waals surface area (Å²) < 4.78 is 31.5. The molecule has 1 aromatic carbocycles. The van der Waals surface area contributed by atoms with E-state index < -0.39 is 16.0 Å². The SMILES string of the molecule is O=C(O)c1cccc(CS(=O)(=O)NC2CCOC2)c1. The Balaban J connectivity index is 2.06. The van der Waals surface area contributed by atoms with Gasteiger partial charge in [-0.1, -0.05) is 12.1 Å². The van der Waals surface area contributed by atoms with E-state index in [4.69, 9.17) is 9.84 Å². The van der Waals surface area contributed by atoms with Crippen molar-refractivity contribution in [3.05, 3.63) is 35.4 Å². The number of carbonyl (C=O) groups is 1. The van der Waals surface area contributed by atoms with Gasteiger partial charge in [0.2, 0.25) is 10.0 Å². The molecule has 0 aromatic heterocycles. The number of benzene rings is 1. The zero-order chi connectivity index (χ0) is 13.9. The molecule has 0 aliphatic carbocycles. The van der Waals surface area contributed by atoms with Crippen LogP contribution >= 0.6 is 0 Å². The van der Waals surface area contributed by atoms with Gasteiger partial charge >= 0.3 is 5.97 Å². The average molecular weight is 285 g/mol. The summed E-state index contributed by atoms with van der Waals surface area (Å²) in [6.07, 6.45) is 0.661. The Bertz CT molecular complexity index is 563. The van der Waals surface area contributed by atoms with Gasteiger partial charge in [-0.2, -0.15) is 0 Å². The Morgan fingerprint density at radius 2 is 2.26 bits per heavy atom. The minimum absolute atomic E-state index is 0.0805. The first kappa shape index (κ1) is 14.0. The van der Waals surface area contributed by atoms with Crippen molar-refractivity contribution in [2.24, 2.45) is 0 Å². The molecule has 0 bridgehead atoms. The maximum Gasteiger partial charge on any atom is 0.335 e. The van der Waals surface area contributed by atoms with Crippen LogP contribution in [0.5, 0.6) is 0 Å². The fraction of sp³-hybridized carbons (Fsp3) is 0.417. The Hall–Kier alpha value is -1.44. The quantitative estimate of drug-likeness (QED) is 0.826. The Morgan fingerprint density at radius 3 is 2.89 bits per heavy atom. The van der Waals surface area contributed by atoms with Crippen LogP contribution in [0.1, 0.15) is 22.3 Å². The lowest BCUT2D eigenvalue weighted by molar-refractivity contribution is 0.0696. The minimum atomic E-state index is -3.48. The van der Waals surface area contributed by atoms with Crippen LogP contribution in [0.25, 0.3) is 0 Å². The number of hydrogen-bond acceptors (Lipinski definition) is 4. The molecule has 1 saturated heterocycles. The van der Waals surface area contributed by atoms with E-state index in [1.54, 1.807) is 6.07 Å². The topological polar surface area (TPSA) is 92.7 Å². The first-order chi connectivity index (χ1) is 8.96. The van der Waals surface area contributed by atoms with Crippen molar-refractivity contribution < 1.29 is 23.1 Å². The second kappa shape index (κ2) is 5.68. The molecular weight excluding hydrogens is 270 g/mol. The largest absolute Gasteiger partial charge is 0.478 e. The predicted molar refractivity (Wildman–Crippen MR) is 68.4 cm³/mol. The van der Waals surface area contributed by atoms with Crippen LogP contribution in [0.2, 0.25) is 0 Å². The molecule has 2 N–H and O–H groups in total. The van der Waals surface area contributed by atoms with Gasteiger partial charge in [0.25, 0.3) is 0 Å². The van der Waals surface area contributed by atoms with Crippen molar-refractivity contribution in [1.29, 1.82) is 0 Å². The van der Waals surface area contributed by atoms with E-state index in [0.29, 0.717) is 25.2 Å². The number of sulfonamides is 1. The second-order valence-corrected chi connectivity index (χ2v) is 6.20. The van der Waals surface area contributed by atoms with Crippen LogP contribution < -0.4 is 4.72 Å². The zero-order valence-electron chi connectivity index (χ0n) is 10.2. The molecule has 1 unspecified atom stereocenters. The molecule has 1 atom stereocenters. The van der Waals surface area contributed by atoms with Crippen LogP contribution in [0, 0.1) is 0 Å². The zero-order valence-corrected chi connectivity index (χ0v) is 11.0. The van der Waals surface area contributed by atoms with Crippen molar-refractivity contribution in [2.75, 3.05) is 13.2 Å². The number of carboxylic acid groups (broad SMARTS) is 1. The normalized spacial score (nSPS) is 19.5. The lowest BCUT2D eigenvalue weighted by Crippen LogP contribution is -2.35. The summed E-state index contributed by atoms with van der Waals surface area (Å²) in [6.45, 7) is 0.941. The Labute approximate surface area is 111 Å². The van der Waals surface area contributed by atoms with Gasteiger partial charge in [-0.25, -0.2) is 17.9 Å². The van der Waals surface area contributed by atoms with E-state index in [-0.39, 0.29) is 17.4 Å². The highest BCUT2D eigenvalue weighted by molar-refractivity contribution is 7.88. The molecule has 104 valence electrons. The third-order valence-corrected chi connectivity index (χ3v) is 4.21. The molecule has 0 saturated carbocycles. The number of hydrogen-bond donors (Lipinski definition) is 2. The van der Waals surface area contributed by atoms with Crippen LogP contribution in [-0.2, 0) is 20.5 Å². The van der Waals surface area contributed by atoms with Crippen molar-refractivity contribution in [2.45, 2.75) is 18.2 Å². The van der Waals surface area contributed by atoms with Gasteiger partial charge in [0.1, 0.15) is 0 Å². The molecule has 1 fully saturated rings. The highest BCUT2D eigenvalue weighted by atomic mass is 32.2. The van der Waals surface area contributed by atoms with Crippen molar-refractivity contribution in [3.8, 4) is 0 Å². The van der Waals surface area contributed by atoms with Gasteiger partial charge in [0, 0.05) is 12.6 Å². The first-order valence-electron chi connectivity index (χ1n) is 5.86. The summed E-state index contributed by atoms with van der Waals surface area (Å²) in [6, 6.07) is 5.74. The van der Waals surface area contributed by atoms with Gasteiger partial charge < -0.3 is 9.84 Å². The third kappa shape index (κ3) is 4.02. The molecule has 0 spiro atoms. The van der Waals surface area contributed by atoms with Gasteiger partial charge in [0.05, 0.1) is 17.9 Å². The summed E-state index contributed by atoms with van der Waals surface area (Å²) in [4.78, 5) is 10.8. The summed E-state index contributed by atoms with van der Waals surface area (Å²) >= 11 is 0. The molecule has 1 aliphatic heterocycles. The Kier molecular flexibility index (Phi) is 4.18. The molecule has 0 amide bonds. The maximum atomic E-state index is 11.9. The van der Waals surface area contributed by atoms with E-state index in [1.807, 2.05) is 0 Å². The monoisotopic (exact) mass is 285 g/mol. The molecule has 6 nitrogen and oxygen atoms in total. The number of ether oxygens (including phenoxy) is 1. The Morgan fingerprint density at radius 1 is 1.47 bits per heavy atom. The number of rotatable bonds is 5. The van der Waals surface area contributed by atoms with Gasteiger partial charge in [-0.3, -0.25) is 0 Å². The van der Waals surface area contributed by atoms with Crippen molar-refractivity contribution >= 4 is 16.0 Å². The average Bonchev–Trinajstić information content (AvgIpc) is 2.80. The van der Waals surface area contributed by atoms with Crippen LogP contribution in [0.4, 0.5) is 0 Å². The highest BCUT2D eigenvalue weighted by Crippen LogP contribution is 2.11. The van der Waals surface area contributed by atoms with Crippen molar-refractivity contribution in [1.82, 2.24) is 4.72 Å². The van der Waals surface area contributed by atoms with E-state index >= 15 is 0 Å². The van der Waals surface area contributed by atoms with Gasteiger partial charge in [0.15, 0.2) is 0 Å². The van der Waals surface area contributed by atoms with E-state index in [9.17, 15) is 13.2 Å². The molecule has 1 heterocycles. The van der Waals surface area contributed by atoms with E-state index in [0.717, 1.165) is 0 Å². The molecule has 7 heteroatoms. The summed E-state index contributed by atoms with van der Waals surface area (Å²) in [5, 5.41) is 8.86. The lowest BCUT2D eigenvalue weighted by Gasteiger charge is -2.11. The number of carboxylic acids is 1. The van der Waals surface area contributed by atoms with Gasteiger partial charge in [-0.15, -0.1) is 0 Å². The molecule has 19 heavy (non-hydrogen) atoms. The van der Waals surface area contributed by atoms with Crippen LogP contribution in [-0.4, -0.2) is 38.7 Å². The van der Waals surface area contributed by atoms with Crippen molar-refractivity contribution in [3.63, 3.8) is 0 Å². The lowest BCUT2D eigenvalue weighted by atomic mass is 10.1. The summed E-state index contributed by atoms with van der Waals surface area (Å²) in [5.74, 6) is -1.30. The molecule has 0 radical (unpaired) electrons. The smallest absolute Gasteiger partial charge is 0.335 e. The molecule has 1 aliphatic rings. The molecule has 1 aromatic rings. The van der Waals surface area contributed by atoms with E-state index in [1.165, 1.54) is 18.2 Å². The number of nitrogens with one attached hydrogen (secondary N) is 1. The number of aromatic carboxylic acids is 1. The minimum Gasteiger partial charge on any atom is -0.478 e. The maximum absolute atomic E-state index is 11.9. The highest BCUT2D eigenvalue weighted by Gasteiger charge is 2.22. The fourth-order valence-electron chi connectivity index (χ4n) is 1.94. The predicted octanol–water partition coefficient (Wildman–Crippen LogP) is 0.593. The standard InChI is InChI=1S/C12H15NO5S/c14-12(15)10-3-1-2-9(6-10)8-19(16,17)13-11-4-5-18-7-11/h1-3,6,11,13H,4-5,7-8H2,(H,14,15). The van der Waals surface area contributed by atoms with Gasteiger partial charge in [-0.05, 0) is 24.1 Å². The second-order valence-electron chi connectivity index (χ2n) is 4.44. The fourth-order valence-corrected chi connectivity index (χ4v) is 3.33. The van der Waals surface area contributed by atoms with E-state index in [2.05, 4.69) is 4.72 Å². The first-order valence-corrected chi connectivity index (χ1v) is 7.51. The summed E-state index contributed by atoms with van der Waals surface area (Å²) in [7, 11) is -3.48. The van der Waals surface area contributed by atoms with Crippen LogP contribution in [0.15, 0.2) is 24.3 Å². The third-order valence-electron chi connectivity index (χ3n) is 2.81. The van der Waals surface area contributed by atoms with Crippen LogP contribution in [0.3, 0.4) is 0 Å². The molecular formula is C12H15NO5S. The summed E-state index contributed by atoms with van der Waals surface area (Å²) in [5.41, 5.74) is 0.531.